The Morgan fingerprint density at radius 3 is 3.06 bits per heavy atom. The average molecular weight is 267 g/mol. The molecule has 0 saturated heterocycles. The number of rotatable bonds is 4. The van der Waals surface area contributed by atoms with Crippen LogP contribution in [-0.4, -0.2) is 16.0 Å². The van der Waals surface area contributed by atoms with E-state index in [0.29, 0.717) is 16.5 Å². The molecule has 0 aliphatic carbocycles. The van der Waals surface area contributed by atoms with Crippen LogP contribution < -0.4 is 5.73 Å². The number of nitrogens with two attached hydrogens (primary N) is 1. The molecule has 0 aliphatic heterocycles. The summed E-state index contributed by atoms with van der Waals surface area (Å²) in [6.07, 6.45) is 2.97. The second kappa shape index (κ2) is 5.54. The van der Waals surface area contributed by atoms with E-state index in [2.05, 4.69) is 10.1 Å². The number of oxime groups is 1. The molecule has 94 valence electrons. The molecule has 1 heterocycles. The van der Waals surface area contributed by atoms with Crippen molar-refractivity contribution in [2.75, 3.05) is 0 Å². The number of nitrogens with zero attached hydrogens (tertiary/aromatic N) is 2. The van der Waals surface area contributed by atoms with Gasteiger partial charge in [-0.3, -0.25) is 0 Å². The summed E-state index contributed by atoms with van der Waals surface area (Å²) in [5.41, 5.74) is 5.88. The lowest BCUT2D eigenvalue weighted by Crippen LogP contribution is -2.15. The summed E-state index contributed by atoms with van der Waals surface area (Å²) in [4.78, 5) is 3.92. The van der Waals surface area contributed by atoms with Crippen molar-refractivity contribution in [2.24, 2.45) is 10.9 Å². The third-order valence-electron chi connectivity index (χ3n) is 2.22. The molecule has 0 radical (unpaired) electrons. The van der Waals surface area contributed by atoms with Crippen molar-refractivity contribution in [1.29, 1.82) is 0 Å². The molecule has 0 spiro atoms. The van der Waals surface area contributed by atoms with Gasteiger partial charge in [0.25, 0.3) is 5.22 Å². The molecule has 3 N–H and O–H groups in total. The Morgan fingerprint density at radius 1 is 1.56 bits per heavy atom. The molecule has 0 amide bonds. The fourth-order valence-electron chi connectivity index (χ4n) is 1.36. The molecule has 5 nitrogen and oxygen atoms in total. The van der Waals surface area contributed by atoms with Crippen LogP contribution >= 0.6 is 11.8 Å². The highest BCUT2D eigenvalue weighted by atomic mass is 32.2. The van der Waals surface area contributed by atoms with Crippen molar-refractivity contribution in [3.8, 4) is 0 Å². The van der Waals surface area contributed by atoms with Gasteiger partial charge in [0.2, 0.25) is 0 Å². The Kier molecular flexibility index (Phi) is 3.83. The van der Waals surface area contributed by atoms with Crippen LogP contribution in [0, 0.1) is 5.82 Å². The normalized spacial score (nSPS) is 11.7. The first-order chi connectivity index (χ1) is 8.72. The Labute approximate surface area is 107 Å². The lowest BCUT2D eigenvalue weighted by Gasteiger charge is -2.05. The number of halogens is 1. The lowest BCUT2D eigenvalue weighted by molar-refractivity contribution is 0.318. The van der Waals surface area contributed by atoms with Gasteiger partial charge >= 0.3 is 0 Å². The summed E-state index contributed by atoms with van der Waals surface area (Å²) in [6, 6.07) is 4.71. The molecule has 7 heteroatoms. The van der Waals surface area contributed by atoms with Crippen LogP contribution in [0.4, 0.5) is 4.39 Å². The van der Waals surface area contributed by atoms with Crippen molar-refractivity contribution < 1.29 is 14.0 Å². The summed E-state index contributed by atoms with van der Waals surface area (Å²) < 4.78 is 19.0. The first-order valence-electron chi connectivity index (χ1n) is 5.00. The summed E-state index contributed by atoms with van der Waals surface area (Å²) in [5, 5.41) is 11.8. The van der Waals surface area contributed by atoms with Gasteiger partial charge in [0.15, 0.2) is 5.84 Å². The molecule has 0 unspecified atom stereocenters. The van der Waals surface area contributed by atoms with E-state index in [4.69, 9.17) is 15.4 Å². The number of hydrogen-bond acceptors (Lipinski definition) is 5. The molecule has 1 aromatic heterocycles. The largest absolute Gasteiger partial charge is 0.440 e. The van der Waals surface area contributed by atoms with Crippen molar-refractivity contribution in [3.63, 3.8) is 0 Å². The van der Waals surface area contributed by atoms with E-state index in [0.717, 1.165) is 0 Å². The number of aromatic nitrogens is 1. The van der Waals surface area contributed by atoms with Crippen LogP contribution in [-0.2, 0) is 5.75 Å². The third-order valence-corrected chi connectivity index (χ3v) is 3.13. The maximum absolute atomic E-state index is 14.0. The van der Waals surface area contributed by atoms with Crippen molar-refractivity contribution >= 4 is 17.6 Å². The summed E-state index contributed by atoms with van der Waals surface area (Å²) in [7, 11) is 0. The number of benzene rings is 1. The molecule has 0 fully saturated rings. The van der Waals surface area contributed by atoms with E-state index in [-0.39, 0.29) is 11.4 Å². The zero-order chi connectivity index (χ0) is 13.0. The van der Waals surface area contributed by atoms with E-state index >= 15 is 0 Å². The standard InChI is InChI=1S/C11H10FN3O2S/c12-9-7(6-18-11-14-4-5-17-11)2-1-3-8(9)10(13)15-16/h1-5,16H,6H2,(H2,13,15). The lowest BCUT2D eigenvalue weighted by atomic mass is 10.1. The second-order valence-corrected chi connectivity index (χ2v) is 4.28. The van der Waals surface area contributed by atoms with Crippen LogP contribution in [0.3, 0.4) is 0 Å². The van der Waals surface area contributed by atoms with Gasteiger partial charge in [-0.2, -0.15) is 0 Å². The SMILES string of the molecule is N/C(=N/O)c1cccc(CSc2ncco2)c1F. The predicted molar refractivity (Wildman–Crippen MR) is 65.0 cm³/mol. The van der Waals surface area contributed by atoms with Crippen LogP contribution in [0.5, 0.6) is 0 Å². The van der Waals surface area contributed by atoms with Gasteiger partial charge in [-0.05, 0) is 11.6 Å². The minimum atomic E-state index is -0.508. The average Bonchev–Trinajstić information content (AvgIpc) is 2.90. The maximum atomic E-state index is 14.0. The number of amidine groups is 1. The van der Waals surface area contributed by atoms with Crippen molar-refractivity contribution in [3.05, 3.63) is 47.6 Å². The second-order valence-electron chi connectivity index (χ2n) is 3.35. The minimum Gasteiger partial charge on any atom is -0.440 e. The topological polar surface area (TPSA) is 84.6 Å². The highest BCUT2D eigenvalue weighted by Gasteiger charge is 2.12. The molecule has 0 saturated carbocycles. The predicted octanol–water partition coefficient (Wildman–Crippen LogP) is 2.20. The zero-order valence-corrected chi connectivity index (χ0v) is 10.0. The Balaban J connectivity index is 2.18. The molecule has 0 aliphatic rings. The Hall–Kier alpha value is -2.02. The van der Waals surface area contributed by atoms with Crippen molar-refractivity contribution in [2.45, 2.75) is 11.0 Å². The van der Waals surface area contributed by atoms with Crippen LogP contribution in [0.1, 0.15) is 11.1 Å². The quantitative estimate of drug-likeness (QED) is 0.292. The number of thioether (sulfide) groups is 1. The molecular weight excluding hydrogens is 257 g/mol. The maximum Gasteiger partial charge on any atom is 0.255 e. The van der Waals surface area contributed by atoms with Gasteiger partial charge in [-0.1, -0.05) is 29.1 Å². The van der Waals surface area contributed by atoms with Crippen molar-refractivity contribution in [1.82, 2.24) is 4.98 Å². The molecule has 0 bridgehead atoms. The molecule has 2 rings (SSSR count). The summed E-state index contributed by atoms with van der Waals surface area (Å²) in [5.74, 6) is -0.416. The summed E-state index contributed by atoms with van der Waals surface area (Å²) in [6.45, 7) is 0. The Bertz CT molecular complexity index is 557. The van der Waals surface area contributed by atoms with Gasteiger partial charge in [0, 0.05) is 5.75 Å². The van der Waals surface area contributed by atoms with E-state index in [1.807, 2.05) is 0 Å². The van der Waals surface area contributed by atoms with E-state index in [1.54, 1.807) is 12.1 Å². The van der Waals surface area contributed by atoms with Crippen LogP contribution in [0.15, 0.2) is 45.5 Å². The molecule has 2 aromatic rings. The van der Waals surface area contributed by atoms with Gasteiger partial charge in [-0.15, -0.1) is 0 Å². The highest BCUT2D eigenvalue weighted by molar-refractivity contribution is 7.98. The van der Waals surface area contributed by atoms with Crippen LogP contribution in [0.25, 0.3) is 0 Å². The first-order valence-corrected chi connectivity index (χ1v) is 5.98. The summed E-state index contributed by atoms with van der Waals surface area (Å²) >= 11 is 1.26. The first kappa shape index (κ1) is 12.4. The zero-order valence-electron chi connectivity index (χ0n) is 9.21. The van der Waals surface area contributed by atoms with E-state index in [9.17, 15) is 4.39 Å². The minimum absolute atomic E-state index is 0.0722. The number of hydrogen-bond donors (Lipinski definition) is 2. The van der Waals surface area contributed by atoms with Gasteiger partial charge < -0.3 is 15.4 Å². The smallest absolute Gasteiger partial charge is 0.255 e. The number of oxazole rings is 1. The molecule has 18 heavy (non-hydrogen) atoms. The van der Waals surface area contributed by atoms with E-state index in [1.165, 1.54) is 30.3 Å². The monoisotopic (exact) mass is 267 g/mol. The third kappa shape index (κ3) is 2.62. The molecule has 0 atom stereocenters. The van der Waals surface area contributed by atoms with Gasteiger partial charge in [0.1, 0.15) is 12.1 Å². The van der Waals surface area contributed by atoms with Gasteiger partial charge in [0.05, 0.1) is 11.8 Å². The molecular formula is C11H10FN3O2S. The molecule has 1 aromatic carbocycles. The van der Waals surface area contributed by atoms with Crippen LogP contribution in [0.2, 0.25) is 0 Å². The highest BCUT2D eigenvalue weighted by Crippen LogP contribution is 2.23. The fraction of sp³-hybridized carbons (Fsp3) is 0.0909. The fourth-order valence-corrected chi connectivity index (χ4v) is 2.13. The van der Waals surface area contributed by atoms with E-state index < -0.39 is 5.82 Å². The van der Waals surface area contributed by atoms with Gasteiger partial charge in [-0.25, -0.2) is 9.37 Å². The Morgan fingerprint density at radius 2 is 2.39 bits per heavy atom.